The predicted molar refractivity (Wildman–Crippen MR) is 68.3 cm³/mol. The molecule has 0 unspecified atom stereocenters. The highest BCUT2D eigenvalue weighted by Gasteiger charge is 1.97. The van der Waals surface area contributed by atoms with E-state index < -0.39 is 0 Å². The van der Waals surface area contributed by atoms with E-state index in [1.807, 2.05) is 0 Å². The van der Waals surface area contributed by atoms with E-state index >= 15 is 0 Å². The number of nitrogens with zero attached hydrogens (tertiary/aromatic N) is 1. The summed E-state index contributed by atoms with van der Waals surface area (Å²) < 4.78 is 0. The van der Waals surface area contributed by atoms with E-state index in [9.17, 15) is 0 Å². The smallest absolute Gasteiger partial charge is 0.191 e. The number of aliphatic imine (C=N–C) groups is 1. The fourth-order valence-electron chi connectivity index (χ4n) is 1.20. The van der Waals surface area contributed by atoms with Crippen LogP contribution in [0.2, 0.25) is 0 Å². The Bertz CT molecular complexity index is 164. The average molecular weight is 213 g/mol. The van der Waals surface area contributed by atoms with Crippen LogP contribution < -0.4 is 10.6 Å². The Kier molecular flexibility index (Phi) is 9.33. The molecule has 3 nitrogen and oxygen atoms in total. The fraction of sp³-hybridized carbons (Fsp3) is 0.917. The highest BCUT2D eigenvalue weighted by molar-refractivity contribution is 5.79. The molecule has 0 bridgehead atoms. The van der Waals surface area contributed by atoms with Gasteiger partial charge in [0.05, 0.1) is 0 Å². The SMILES string of the molecule is CCCCCNC(=NCC(C)C)NCC. The highest BCUT2D eigenvalue weighted by Crippen LogP contribution is 1.93. The van der Waals surface area contributed by atoms with Crippen LogP contribution in [0.4, 0.5) is 0 Å². The van der Waals surface area contributed by atoms with Crippen molar-refractivity contribution in [1.29, 1.82) is 0 Å². The van der Waals surface area contributed by atoms with Gasteiger partial charge in [-0.25, -0.2) is 0 Å². The summed E-state index contributed by atoms with van der Waals surface area (Å²) in [6.45, 7) is 11.5. The van der Waals surface area contributed by atoms with Gasteiger partial charge in [0.15, 0.2) is 5.96 Å². The molecule has 3 heteroatoms. The van der Waals surface area contributed by atoms with E-state index in [2.05, 4.69) is 43.3 Å². The van der Waals surface area contributed by atoms with Gasteiger partial charge >= 0.3 is 0 Å². The number of nitrogens with one attached hydrogen (secondary N) is 2. The van der Waals surface area contributed by atoms with E-state index in [0.717, 1.165) is 25.6 Å². The molecule has 0 rings (SSSR count). The standard InChI is InChI=1S/C12H27N3/c1-5-7-8-9-14-12(13-6-2)15-10-11(3)4/h11H,5-10H2,1-4H3,(H2,13,14,15). The summed E-state index contributed by atoms with van der Waals surface area (Å²) in [5, 5.41) is 6.60. The molecule has 0 saturated carbocycles. The highest BCUT2D eigenvalue weighted by atomic mass is 15.2. The Morgan fingerprint density at radius 1 is 1.13 bits per heavy atom. The van der Waals surface area contributed by atoms with Crippen molar-refractivity contribution < 1.29 is 0 Å². The lowest BCUT2D eigenvalue weighted by Crippen LogP contribution is -2.38. The summed E-state index contributed by atoms with van der Waals surface area (Å²) >= 11 is 0. The van der Waals surface area contributed by atoms with Crippen molar-refractivity contribution in [2.45, 2.75) is 47.0 Å². The van der Waals surface area contributed by atoms with E-state index in [-0.39, 0.29) is 0 Å². The van der Waals surface area contributed by atoms with Crippen molar-refractivity contribution in [3.63, 3.8) is 0 Å². The van der Waals surface area contributed by atoms with Gasteiger partial charge in [-0.2, -0.15) is 0 Å². The summed E-state index contributed by atoms with van der Waals surface area (Å²) in [7, 11) is 0. The minimum Gasteiger partial charge on any atom is -0.357 e. The van der Waals surface area contributed by atoms with E-state index in [1.165, 1.54) is 19.3 Å². The molecule has 90 valence electrons. The first-order valence-corrected chi connectivity index (χ1v) is 6.22. The molecule has 0 spiro atoms. The first-order chi connectivity index (χ1) is 7.20. The Morgan fingerprint density at radius 2 is 1.87 bits per heavy atom. The van der Waals surface area contributed by atoms with Crippen LogP contribution in [0, 0.1) is 5.92 Å². The van der Waals surface area contributed by atoms with E-state index in [1.54, 1.807) is 0 Å². The molecule has 0 aromatic carbocycles. The molecule has 0 heterocycles. The second kappa shape index (κ2) is 9.81. The summed E-state index contributed by atoms with van der Waals surface area (Å²) in [6, 6.07) is 0. The Balaban J connectivity index is 3.76. The molecule has 0 atom stereocenters. The van der Waals surface area contributed by atoms with Crippen LogP contribution in [0.5, 0.6) is 0 Å². The molecule has 0 aliphatic rings. The average Bonchev–Trinajstić information content (AvgIpc) is 2.20. The van der Waals surface area contributed by atoms with Crippen molar-refractivity contribution in [1.82, 2.24) is 10.6 Å². The Hall–Kier alpha value is -0.730. The van der Waals surface area contributed by atoms with Crippen molar-refractivity contribution in [2.75, 3.05) is 19.6 Å². The molecule has 2 N–H and O–H groups in total. The van der Waals surface area contributed by atoms with Gasteiger partial charge in [-0.05, 0) is 19.3 Å². The number of unbranched alkanes of at least 4 members (excludes halogenated alkanes) is 2. The van der Waals surface area contributed by atoms with Crippen molar-refractivity contribution in [3.05, 3.63) is 0 Å². The molecule has 0 fully saturated rings. The quantitative estimate of drug-likeness (QED) is 0.387. The van der Waals surface area contributed by atoms with E-state index in [4.69, 9.17) is 0 Å². The van der Waals surface area contributed by atoms with E-state index in [0.29, 0.717) is 5.92 Å². The molecule has 15 heavy (non-hydrogen) atoms. The lowest BCUT2D eigenvalue weighted by Gasteiger charge is -2.11. The van der Waals surface area contributed by atoms with Crippen molar-refractivity contribution >= 4 is 5.96 Å². The third-order valence-corrected chi connectivity index (χ3v) is 2.03. The van der Waals surface area contributed by atoms with Crippen molar-refractivity contribution in [3.8, 4) is 0 Å². The summed E-state index contributed by atoms with van der Waals surface area (Å²) in [4.78, 5) is 4.51. The molecule has 0 amide bonds. The van der Waals surface area contributed by atoms with Gasteiger partial charge in [-0.3, -0.25) is 4.99 Å². The summed E-state index contributed by atoms with van der Waals surface area (Å²) in [5.41, 5.74) is 0. The lowest BCUT2D eigenvalue weighted by atomic mass is 10.2. The van der Waals surface area contributed by atoms with Crippen LogP contribution in [0.1, 0.15) is 47.0 Å². The van der Waals surface area contributed by atoms with Gasteiger partial charge in [0, 0.05) is 19.6 Å². The van der Waals surface area contributed by atoms with Gasteiger partial charge in [-0.15, -0.1) is 0 Å². The Labute approximate surface area is 94.7 Å². The monoisotopic (exact) mass is 213 g/mol. The first kappa shape index (κ1) is 14.3. The summed E-state index contributed by atoms with van der Waals surface area (Å²) in [5.74, 6) is 1.58. The minimum atomic E-state index is 0.621. The predicted octanol–water partition coefficient (Wildman–Crippen LogP) is 2.39. The normalized spacial score (nSPS) is 11.9. The molecule has 0 aromatic heterocycles. The number of hydrogen-bond donors (Lipinski definition) is 2. The van der Waals surface area contributed by atoms with Crippen LogP contribution in [-0.4, -0.2) is 25.6 Å². The third kappa shape index (κ3) is 9.57. The maximum Gasteiger partial charge on any atom is 0.191 e. The molecule has 0 aliphatic carbocycles. The third-order valence-electron chi connectivity index (χ3n) is 2.03. The maximum atomic E-state index is 4.51. The second-order valence-corrected chi connectivity index (χ2v) is 4.25. The van der Waals surface area contributed by atoms with Crippen molar-refractivity contribution in [2.24, 2.45) is 10.9 Å². The zero-order valence-corrected chi connectivity index (χ0v) is 10.8. The lowest BCUT2D eigenvalue weighted by molar-refractivity contribution is 0.648. The topological polar surface area (TPSA) is 36.4 Å². The number of rotatable bonds is 7. The molecular weight excluding hydrogens is 186 g/mol. The van der Waals surface area contributed by atoms with Gasteiger partial charge in [0.2, 0.25) is 0 Å². The van der Waals surface area contributed by atoms with Crippen LogP contribution in [0.15, 0.2) is 4.99 Å². The van der Waals surface area contributed by atoms with Gasteiger partial charge in [0.1, 0.15) is 0 Å². The van der Waals surface area contributed by atoms with Gasteiger partial charge in [0.25, 0.3) is 0 Å². The number of hydrogen-bond acceptors (Lipinski definition) is 1. The maximum absolute atomic E-state index is 4.51. The van der Waals surface area contributed by atoms with Gasteiger partial charge in [-0.1, -0.05) is 33.6 Å². The molecular formula is C12H27N3. The first-order valence-electron chi connectivity index (χ1n) is 6.22. The molecule has 0 aliphatic heterocycles. The Morgan fingerprint density at radius 3 is 2.40 bits per heavy atom. The van der Waals surface area contributed by atoms with Gasteiger partial charge < -0.3 is 10.6 Å². The van der Waals surface area contributed by atoms with Crippen LogP contribution in [0.25, 0.3) is 0 Å². The molecule has 0 radical (unpaired) electrons. The fourth-order valence-corrected chi connectivity index (χ4v) is 1.20. The minimum absolute atomic E-state index is 0.621. The van der Waals surface area contributed by atoms with Crippen LogP contribution >= 0.6 is 0 Å². The largest absolute Gasteiger partial charge is 0.357 e. The van der Waals surface area contributed by atoms with Crippen LogP contribution in [0.3, 0.4) is 0 Å². The van der Waals surface area contributed by atoms with Crippen LogP contribution in [-0.2, 0) is 0 Å². The zero-order chi connectivity index (χ0) is 11.5. The number of guanidine groups is 1. The zero-order valence-electron chi connectivity index (χ0n) is 10.8. The molecule has 0 saturated heterocycles. The molecule has 0 aromatic rings. The summed E-state index contributed by atoms with van der Waals surface area (Å²) in [6.07, 6.45) is 3.78. The second-order valence-electron chi connectivity index (χ2n) is 4.25.